The van der Waals surface area contributed by atoms with Crippen molar-refractivity contribution >= 4 is 5.91 Å². The molecule has 3 unspecified atom stereocenters. The van der Waals surface area contributed by atoms with Crippen molar-refractivity contribution in [2.75, 3.05) is 6.54 Å². The molecule has 1 amide bonds. The molecule has 2 heterocycles. The van der Waals surface area contributed by atoms with Crippen LogP contribution in [0.25, 0.3) is 0 Å². The van der Waals surface area contributed by atoms with Gasteiger partial charge in [0.05, 0.1) is 11.0 Å². The summed E-state index contributed by atoms with van der Waals surface area (Å²) in [7, 11) is 0. The Morgan fingerprint density at radius 1 is 1.40 bits per heavy atom. The normalized spacial score (nSPS) is 31.8. The summed E-state index contributed by atoms with van der Waals surface area (Å²) in [6.07, 6.45) is 2.22. The van der Waals surface area contributed by atoms with Crippen molar-refractivity contribution in [3.05, 3.63) is 29.1 Å². The zero-order valence-electron chi connectivity index (χ0n) is 14.4. The first kappa shape index (κ1) is 16.9. The minimum atomic E-state index is -4.40. The number of hydrogen-bond donors (Lipinski definition) is 0. The maximum absolute atomic E-state index is 13.3. The Morgan fingerprint density at radius 2 is 2.20 bits per heavy atom. The van der Waals surface area contributed by atoms with Crippen molar-refractivity contribution < 1.29 is 18.0 Å². The molecule has 3 atom stereocenters. The number of alkyl halides is 3. The minimum absolute atomic E-state index is 0.169. The Balaban J connectivity index is 1.59. The van der Waals surface area contributed by atoms with Crippen molar-refractivity contribution in [3.8, 4) is 0 Å². The second-order valence-corrected chi connectivity index (χ2v) is 8.09. The zero-order valence-corrected chi connectivity index (χ0v) is 14.4. The summed E-state index contributed by atoms with van der Waals surface area (Å²) in [5.74, 6) is 1.18. The first-order valence-electron chi connectivity index (χ1n) is 9.14. The summed E-state index contributed by atoms with van der Waals surface area (Å²) in [6.45, 7) is 3.03. The monoisotopic (exact) mass is 352 g/mol. The second-order valence-electron chi connectivity index (χ2n) is 8.09. The summed E-state index contributed by atoms with van der Waals surface area (Å²) in [4.78, 5) is 19.1. The van der Waals surface area contributed by atoms with Crippen LogP contribution in [0.3, 0.4) is 0 Å². The SMILES string of the molecule is CC1CC2CCCC2(C(=O)N2CCc3ncc(C(F)(F)F)cc3C2)C1. The van der Waals surface area contributed by atoms with E-state index in [1.54, 1.807) is 4.90 Å². The van der Waals surface area contributed by atoms with E-state index in [1.165, 1.54) is 6.07 Å². The molecule has 0 N–H and O–H groups in total. The fraction of sp³-hybridized carbons (Fsp3) is 0.684. The number of nitrogens with zero attached hydrogens (tertiary/aromatic N) is 2. The fourth-order valence-corrected chi connectivity index (χ4v) is 5.39. The Labute approximate surface area is 145 Å². The highest BCUT2D eigenvalue weighted by Gasteiger charge is 2.55. The molecule has 2 saturated carbocycles. The van der Waals surface area contributed by atoms with Crippen LogP contribution in [0, 0.1) is 17.3 Å². The van der Waals surface area contributed by atoms with Crippen molar-refractivity contribution in [2.45, 2.75) is 58.2 Å². The number of carbonyl (C=O) groups is 1. The van der Waals surface area contributed by atoms with Gasteiger partial charge in [-0.25, -0.2) is 0 Å². The van der Waals surface area contributed by atoms with E-state index in [0.717, 1.165) is 38.3 Å². The molecule has 0 radical (unpaired) electrons. The lowest BCUT2D eigenvalue weighted by atomic mass is 9.78. The van der Waals surface area contributed by atoms with Crippen LogP contribution in [0.2, 0.25) is 0 Å². The molecule has 0 spiro atoms. The van der Waals surface area contributed by atoms with Crippen LogP contribution in [0.1, 0.15) is 55.8 Å². The number of amides is 1. The van der Waals surface area contributed by atoms with Gasteiger partial charge in [0.1, 0.15) is 0 Å². The van der Waals surface area contributed by atoms with Crippen LogP contribution in [0.4, 0.5) is 13.2 Å². The molecule has 6 heteroatoms. The Kier molecular flexibility index (Phi) is 3.85. The third-order valence-electron chi connectivity index (χ3n) is 6.44. The van der Waals surface area contributed by atoms with E-state index in [9.17, 15) is 18.0 Å². The molecule has 1 aromatic rings. The van der Waals surface area contributed by atoms with Gasteiger partial charge < -0.3 is 4.90 Å². The highest BCUT2D eigenvalue weighted by Crippen LogP contribution is 2.57. The number of rotatable bonds is 1. The average Bonchev–Trinajstić information content (AvgIpc) is 3.09. The number of aromatic nitrogens is 1. The predicted octanol–water partition coefficient (Wildman–Crippen LogP) is 4.20. The molecular weight excluding hydrogens is 329 g/mol. The lowest BCUT2D eigenvalue weighted by molar-refractivity contribution is -0.144. The van der Waals surface area contributed by atoms with E-state index < -0.39 is 11.7 Å². The van der Waals surface area contributed by atoms with Crippen LogP contribution >= 0.6 is 0 Å². The lowest BCUT2D eigenvalue weighted by Gasteiger charge is -2.37. The fourth-order valence-electron chi connectivity index (χ4n) is 5.39. The predicted molar refractivity (Wildman–Crippen MR) is 86.5 cm³/mol. The van der Waals surface area contributed by atoms with Gasteiger partial charge in [-0.2, -0.15) is 13.2 Å². The Bertz CT molecular complexity index is 702. The van der Waals surface area contributed by atoms with Gasteiger partial charge in [0, 0.05) is 31.4 Å². The van der Waals surface area contributed by atoms with Crippen molar-refractivity contribution in [2.24, 2.45) is 17.3 Å². The molecule has 2 fully saturated rings. The van der Waals surface area contributed by atoms with Gasteiger partial charge in [-0.15, -0.1) is 0 Å². The van der Waals surface area contributed by atoms with E-state index >= 15 is 0 Å². The van der Waals surface area contributed by atoms with Crippen LogP contribution in [0.15, 0.2) is 12.3 Å². The van der Waals surface area contributed by atoms with Crippen LogP contribution in [-0.2, 0) is 23.9 Å². The van der Waals surface area contributed by atoms with E-state index in [0.29, 0.717) is 36.1 Å². The number of fused-ring (bicyclic) bond motifs is 2. The molecule has 136 valence electrons. The first-order valence-corrected chi connectivity index (χ1v) is 9.14. The zero-order chi connectivity index (χ0) is 17.8. The van der Waals surface area contributed by atoms with Gasteiger partial charge in [0.2, 0.25) is 5.91 Å². The van der Waals surface area contributed by atoms with Crippen molar-refractivity contribution in [1.82, 2.24) is 9.88 Å². The summed E-state index contributed by atoms with van der Waals surface area (Å²) in [6, 6.07) is 1.17. The minimum Gasteiger partial charge on any atom is -0.337 e. The Hall–Kier alpha value is -1.59. The van der Waals surface area contributed by atoms with Gasteiger partial charge >= 0.3 is 6.18 Å². The van der Waals surface area contributed by atoms with Gasteiger partial charge in [-0.3, -0.25) is 9.78 Å². The van der Waals surface area contributed by atoms with Crippen molar-refractivity contribution in [1.29, 1.82) is 0 Å². The van der Waals surface area contributed by atoms with Gasteiger partial charge in [0.25, 0.3) is 0 Å². The second kappa shape index (κ2) is 5.71. The summed E-state index contributed by atoms with van der Waals surface area (Å²) < 4.78 is 38.9. The largest absolute Gasteiger partial charge is 0.417 e. The Morgan fingerprint density at radius 3 is 2.96 bits per heavy atom. The first-order chi connectivity index (χ1) is 11.8. The highest BCUT2D eigenvalue weighted by atomic mass is 19.4. The molecule has 1 aromatic heterocycles. The van der Waals surface area contributed by atoms with E-state index in [4.69, 9.17) is 0 Å². The highest BCUT2D eigenvalue weighted by molar-refractivity contribution is 5.84. The van der Waals surface area contributed by atoms with E-state index in [-0.39, 0.29) is 17.9 Å². The maximum atomic E-state index is 13.3. The summed E-state index contributed by atoms with van der Waals surface area (Å²) in [5.41, 5.74) is 0.252. The van der Waals surface area contributed by atoms with Crippen molar-refractivity contribution in [3.63, 3.8) is 0 Å². The van der Waals surface area contributed by atoms with E-state index in [1.807, 2.05) is 0 Å². The van der Waals surface area contributed by atoms with Crippen LogP contribution < -0.4 is 0 Å². The third kappa shape index (κ3) is 2.74. The lowest BCUT2D eigenvalue weighted by Crippen LogP contribution is -2.46. The quantitative estimate of drug-likeness (QED) is 0.759. The average molecular weight is 352 g/mol. The molecule has 0 bridgehead atoms. The molecule has 1 aliphatic heterocycles. The molecular formula is C19H23F3N2O. The van der Waals surface area contributed by atoms with Gasteiger partial charge in [-0.1, -0.05) is 13.3 Å². The molecule has 3 aliphatic rings. The number of hydrogen-bond acceptors (Lipinski definition) is 2. The number of halogens is 3. The summed E-state index contributed by atoms with van der Waals surface area (Å²) in [5, 5.41) is 0. The van der Waals surface area contributed by atoms with Crippen LogP contribution in [0.5, 0.6) is 0 Å². The molecule has 2 aliphatic carbocycles. The molecule has 3 nitrogen and oxygen atoms in total. The molecule has 25 heavy (non-hydrogen) atoms. The van der Waals surface area contributed by atoms with E-state index in [2.05, 4.69) is 11.9 Å². The van der Waals surface area contributed by atoms with Gasteiger partial charge in [0.15, 0.2) is 0 Å². The standard InChI is InChI=1S/C19H23F3N2O/c1-12-7-14-3-2-5-18(14,9-12)17(25)24-6-4-16-13(11-24)8-15(10-23-16)19(20,21)22/h8,10,12,14H,2-7,9,11H2,1H3. The van der Waals surface area contributed by atoms with Crippen LogP contribution in [-0.4, -0.2) is 22.3 Å². The molecule has 4 rings (SSSR count). The number of pyridine rings is 1. The number of carbonyl (C=O) groups excluding carboxylic acids is 1. The third-order valence-corrected chi connectivity index (χ3v) is 6.44. The summed E-state index contributed by atoms with van der Waals surface area (Å²) >= 11 is 0. The topological polar surface area (TPSA) is 33.2 Å². The molecule has 0 aromatic carbocycles. The van der Waals surface area contributed by atoms with Gasteiger partial charge in [-0.05, 0) is 49.1 Å². The maximum Gasteiger partial charge on any atom is 0.417 e. The molecule has 0 saturated heterocycles. The smallest absolute Gasteiger partial charge is 0.337 e.